The normalized spacial score (nSPS) is 13.1. The zero-order valence-electron chi connectivity index (χ0n) is 19.2. The summed E-state index contributed by atoms with van der Waals surface area (Å²) in [4.78, 5) is 11.0. The van der Waals surface area contributed by atoms with Crippen LogP contribution in [-0.4, -0.2) is 31.5 Å². The SMILES string of the molecule is O=C(O)CCc1ccccc1OCCC(F)(P)CCc1cccc(NS(=O)(=O)c2ccccc2)c1. The Morgan fingerprint density at radius 2 is 1.69 bits per heavy atom. The molecule has 2 atom stereocenters. The second kappa shape index (κ2) is 12.1. The number of para-hydroxylation sites is 1. The summed E-state index contributed by atoms with van der Waals surface area (Å²) in [6.45, 7) is 0.140. The number of hydrogen-bond donors (Lipinski definition) is 2. The van der Waals surface area contributed by atoms with Crippen LogP contribution in [0.25, 0.3) is 0 Å². The summed E-state index contributed by atoms with van der Waals surface area (Å²) >= 11 is 0. The minimum atomic E-state index is -3.70. The molecule has 0 spiro atoms. The van der Waals surface area contributed by atoms with Gasteiger partial charge in [-0.05, 0) is 60.7 Å². The number of ether oxygens (including phenoxy) is 1. The number of nitrogens with one attached hydrogen (secondary N) is 1. The molecule has 3 rings (SSSR count). The summed E-state index contributed by atoms with van der Waals surface area (Å²) in [6, 6.07) is 22.2. The van der Waals surface area contributed by atoms with Crippen molar-refractivity contribution in [1.82, 2.24) is 0 Å². The number of benzene rings is 3. The molecule has 2 unspecified atom stereocenters. The van der Waals surface area contributed by atoms with E-state index in [0.717, 1.165) is 11.1 Å². The molecule has 186 valence electrons. The second-order valence-electron chi connectivity index (χ2n) is 8.25. The number of hydrogen-bond acceptors (Lipinski definition) is 4. The molecule has 9 heteroatoms. The maximum atomic E-state index is 15.1. The van der Waals surface area contributed by atoms with E-state index in [1.54, 1.807) is 54.6 Å². The Morgan fingerprint density at radius 3 is 2.43 bits per heavy atom. The van der Waals surface area contributed by atoms with Crippen molar-refractivity contribution in [3.63, 3.8) is 0 Å². The minimum Gasteiger partial charge on any atom is -0.493 e. The zero-order valence-corrected chi connectivity index (χ0v) is 21.2. The first kappa shape index (κ1) is 26.6. The lowest BCUT2D eigenvalue weighted by Gasteiger charge is -2.21. The molecule has 35 heavy (non-hydrogen) atoms. The molecular weight excluding hydrogens is 488 g/mol. The second-order valence-corrected chi connectivity index (χ2v) is 11.0. The number of rotatable bonds is 13. The Labute approximate surface area is 207 Å². The third-order valence-corrected chi connectivity index (χ3v) is 7.39. The molecule has 0 saturated heterocycles. The van der Waals surface area contributed by atoms with Gasteiger partial charge in [-0.25, -0.2) is 12.8 Å². The topological polar surface area (TPSA) is 92.7 Å². The van der Waals surface area contributed by atoms with Crippen LogP contribution in [0.15, 0.2) is 83.8 Å². The van der Waals surface area contributed by atoms with Gasteiger partial charge in [0.25, 0.3) is 10.0 Å². The Bertz CT molecular complexity index is 1240. The lowest BCUT2D eigenvalue weighted by molar-refractivity contribution is -0.136. The van der Waals surface area contributed by atoms with E-state index >= 15 is 4.39 Å². The maximum absolute atomic E-state index is 15.1. The van der Waals surface area contributed by atoms with Crippen molar-refractivity contribution in [3.8, 4) is 5.75 Å². The molecule has 3 aromatic rings. The van der Waals surface area contributed by atoms with E-state index in [4.69, 9.17) is 9.84 Å². The summed E-state index contributed by atoms with van der Waals surface area (Å²) < 4.78 is 48.5. The first-order chi connectivity index (χ1) is 16.6. The molecule has 0 saturated carbocycles. The van der Waals surface area contributed by atoms with Gasteiger partial charge >= 0.3 is 5.97 Å². The highest BCUT2D eigenvalue weighted by Crippen LogP contribution is 2.31. The smallest absolute Gasteiger partial charge is 0.303 e. The molecule has 2 N–H and O–H groups in total. The molecule has 0 aromatic heterocycles. The molecule has 0 heterocycles. The lowest BCUT2D eigenvalue weighted by atomic mass is 10.0. The number of aliphatic carboxylic acids is 1. The highest BCUT2D eigenvalue weighted by molar-refractivity contribution is 7.92. The zero-order chi connectivity index (χ0) is 25.3. The van der Waals surface area contributed by atoms with E-state index in [1.165, 1.54) is 12.1 Å². The van der Waals surface area contributed by atoms with E-state index < -0.39 is 21.4 Å². The van der Waals surface area contributed by atoms with Crippen LogP contribution < -0.4 is 9.46 Å². The first-order valence-electron chi connectivity index (χ1n) is 11.2. The van der Waals surface area contributed by atoms with Crippen molar-refractivity contribution in [2.45, 2.75) is 42.4 Å². The van der Waals surface area contributed by atoms with E-state index in [0.29, 0.717) is 24.3 Å². The highest BCUT2D eigenvalue weighted by Gasteiger charge is 2.23. The van der Waals surface area contributed by atoms with Gasteiger partial charge in [0.1, 0.15) is 11.2 Å². The summed E-state index contributed by atoms with van der Waals surface area (Å²) in [5.74, 6) is -0.322. The van der Waals surface area contributed by atoms with Crippen molar-refractivity contribution in [2.24, 2.45) is 0 Å². The summed E-state index contributed by atoms with van der Waals surface area (Å²) in [5, 5.41) is 7.33. The third kappa shape index (κ3) is 8.64. The van der Waals surface area contributed by atoms with Gasteiger partial charge in [-0.3, -0.25) is 9.52 Å². The van der Waals surface area contributed by atoms with Crippen LogP contribution in [0.2, 0.25) is 0 Å². The van der Waals surface area contributed by atoms with Crippen molar-refractivity contribution < 1.29 is 27.4 Å². The maximum Gasteiger partial charge on any atom is 0.303 e. The fourth-order valence-electron chi connectivity index (χ4n) is 3.50. The van der Waals surface area contributed by atoms with Gasteiger partial charge in [0.05, 0.1) is 11.5 Å². The molecule has 0 fully saturated rings. The van der Waals surface area contributed by atoms with Crippen molar-refractivity contribution in [2.75, 3.05) is 11.3 Å². The van der Waals surface area contributed by atoms with Crippen LogP contribution in [0.3, 0.4) is 0 Å². The van der Waals surface area contributed by atoms with Gasteiger partial charge in [0, 0.05) is 18.5 Å². The van der Waals surface area contributed by atoms with E-state index in [-0.39, 0.29) is 30.8 Å². The number of carbonyl (C=O) groups is 1. The van der Waals surface area contributed by atoms with Crippen LogP contribution in [0.1, 0.15) is 30.4 Å². The molecule has 0 aliphatic carbocycles. The number of anilines is 1. The Hall–Kier alpha value is -2.96. The number of halogens is 1. The largest absolute Gasteiger partial charge is 0.493 e. The van der Waals surface area contributed by atoms with Gasteiger partial charge in [0.2, 0.25) is 0 Å². The van der Waals surface area contributed by atoms with Crippen LogP contribution in [0, 0.1) is 0 Å². The lowest BCUT2D eigenvalue weighted by Crippen LogP contribution is -2.19. The number of carboxylic acid groups (broad SMARTS) is 1. The molecule has 0 radical (unpaired) electrons. The molecule has 0 aliphatic heterocycles. The predicted octanol–water partition coefficient (Wildman–Crippen LogP) is 5.45. The Kier molecular flexibility index (Phi) is 9.24. The molecule has 3 aromatic carbocycles. The third-order valence-electron chi connectivity index (χ3n) is 5.42. The van der Waals surface area contributed by atoms with Crippen molar-refractivity contribution in [3.05, 3.63) is 90.0 Å². The van der Waals surface area contributed by atoms with Crippen molar-refractivity contribution >= 4 is 30.9 Å². The van der Waals surface area contributed by atoms with Crippen LogP contribution in [-0.2, 0) is 27.7 Å². The van der Waals surface area contributed by atoms with E-state index in [9.17, 15) is 13.2 Å². The van der Waals surface area contributed by atoms with Crippen molar-refractivity contribution in [1.29, 1.82) is 0 Å². The Morgan fingerprint density at radius 1 is 0.971 bits per heavy atom. The van der Waals surface area contributed by atoms with Gasteiger partial charge in [-0.2, -0.15) is 0 Å². The van der Waals surface area contributed by atoms with E-state index in [1.807, 2.05) is 12.1 Å². The van der Waals surface area contributed by atoms with Gasteiger partial charge < -0.3 is 9.84 Å². The fourth-order valence-corrected chi connectivity index (χ4v) is 4.84. The minimum absolute atomic E-state index is 0.00236. The average Bonchev–Trinajstić information content (AvgIpc) is 2.83. The Balaban J connectivity index is 1.53. The molecule has 0 aliphatic rings. The summed E-state index contributed by atoms with van der Waals surface area (Å²) in [5.41, 5.74) is 2.00. The number of carboxylic acids is 1. The highest BCUT2D eigenvalue weighted by atomic mass is 32.2. The standard InChI is InChI=1S/C26H29FNO5PS/c27-26(34,17-18-33-24-12-5-4-8-21(24)13-14-25(29)30)16-15-20-7-6-9-22(19-20)28-35(31,32)23-10-2-1-3-11-23/h1-12,19,28H,13-18,34H2,(H,29,30). The van der Waals surface area contributed by atoms with Gasteiger partial charge in [-0.1, -0.05) is 57.8 Å². The quantitative estimate of drug-likeness (QED) is 0.294. The van der Waals surface area contributed by atoms with E-state index in [2.05, 4.69) is 14.0 Å². The van der Waals surface area contributed by atoms with Gasteiger partial charge in [-0.15, -0.1) is 0 Å². The summed E-state index contributed by atoms with van der Waals surface area (Å²) in [6.07, 6.45) is 1.09. The van der Waals surface area contributed by atoms with Crippen LogP contribution in [0.4, 0.5) is 10.1 Å². The number of sulfonamides is 1. The van der Waals surface area contributed by atoms with Crippen LogP contribution >= 0.6 is 9.24 Å². The van der Waals surface area contributed by atoms with Gasteiger partial charge in [0.15, 0.2) is 0 Å². The predicted molar refractivity (Wildman–Crippen MR) is 138 cm³/mol. The van der Waals surface area contributed by atoms with Crippen LogP contribution in [0.5, 0.6) is 5.75 Å². The molecule has 6 nitrogen and oxygen atoms in total. The molecule has 0 amide bonds. The average molecular weight is 518 g/mol. The number of alkyl halides is 1. The molecular formula is C26H29FNO5PS. The number of aryl methyl sites for hydroxylation is 2. The first-order valence-corrected chi connectivity index (χ1v) is 13.3. The molecule has 0 bridgehead atoms. The fraction of sp³-hybridized carbons (Fsp3) is 0.269. The summed E-state index contributed by atoms with van der Waals surface area (Å²) in [7, 11) is -1.46. The monoisotopic (exact) mass is 517 g/mol.